The van der Waals surface area contributed by atoms with Gasteiger partial charge in [-0.2, -0.15) is 0 Å². The Hall–Kier alpha value is -13.5. The highest BCUT2D eigenvalue weighted by Gasteiger charge is 2.36. The molecular formula is C93H58N6O3. The summed E-state index contributed by atoms with van der Waals surface area (Å²) < 4.78 is 480. The quantitative estimate of drug-likeness (QED) is 0.147. The first-order valence-electron chi connectivity index (χ1n) is 56.2. The predicted molar refractivity (Wildman–Crippen MR) is 415 cm³/mol. The lowest BCUT2D eigenvalue weighted by Gasteiger charge is -2.21. The highest BCUT2D eigenvalue weighted by Crippen LogP contribution is 2.51. The van der Waals surface area contributed by atoms with Gasteiger partial charge in [-0.05, 0) is 125 Å². The van der Waals surface area contributed by atoms with E-state index in [1.807, 2.05) is 0 Å². The van der Waals surface area contributed by atoms with E-state index in [4.69, 9.17) is 65.3 Å². The molecule has 1 aliphatic carbocycles. The van der Waals surface area contributed by atoms with Gasteiger partial charge in [-0.25, -0.2) is 29.9 Å². The van der Waals surface area contributed by atoms with Crippen LogP contribution in [0.2, 0.25) is 0 Å². The number of para-hydroxylation sites is 1. The Labute approximate surface area is 658 Å². The lowest BCUT2D eigenvalue weighted by Crippen LogP contribution is -2.15. The largest absolute Gasteiger partial charge is 0.456 e. The number of benzene rings is 15. The van der Waals surface area contributed by atoms with Crippen molar-refractivity contribution < 1.29 is 84.5 Å². The number of nitrogens with zero attached hydrogens (tertiary/aromatic N) is 6. The first-order chi connectivity index (χ1) is 71.9. The molecule has 15 aromatic carbocycles. The van der Waals surface area contributed by atoms with Gasteiger partial charge >= 0.3 is 0 Å². The SMILES string of the molecule is [2H]c1c([2H])c([2H])c(-c2nc(-c3c([2H])c([2H])c(-c4c([2H])c([2H])c([2H])c5oc6c([2H])c([2H])c7c([2H])c([2H])c([2H])c([2H])c7c6c45)c([2H])c3[2H])nc(-c3c([2H])c([2H])c4c(c3[2H])C(C)(C)c3c([2H])c([2H])c([2H])c([2H])c3-4)n2)c([2H])c1[2H].[2H]c1c([2H])c([2H])c(-c2nc(-c3c([2H])c([2H])c(-c4c([2H])c([2H])c([2H])c5oc6c([2H])c([2H])c7c([2H])c([2H])c([2H])c([2H])c7c6c45)c4c([2H])c([2H])c([2H])c([2H])c34)nc(-c3c([2H])c([2H])c([2H])c4oc5c([2H])c([2H])c([2H])c([2H])c5c34)n2)c([2H])c1[2H]. The average Bonchev–Trinajstić information content (AvgIpc) is 1.49. The van der Waals surface area contributed by atoms with E-state index >= 15 is 0 Å². The van der Waals surface area contributed by atoms with Crippen LogP contribution in [0.25, 0.3) is 200 Å². The summed E-state index contributed by atoms with van der Waals surface area (Å²) in [6, 6.07) is -43.0. The molecule has 0 atom stereocenters. The highest BCUT2D eigenvalue weighted by atomic mass is 16.3. The van der Waals surface area contributed by atoms with Crippen molar-refractivity contribution in [3.63, 3.8) is 0 Å². The van der Waals surface area contributed by atoms with Gasteiger partial charge in [0, 0.05) is 71.1 Å². The zero-order chi connectivity index (χ0) is 113. The van der Waals surface area contributed by atoms with Crippen LogP contribution in [0.3, 0.4) is 0 Å². The van der Waals surface area contributed by atoms with Crippen molar-refractivity contribution in [2.24, 2.45) is 0 Å². The van der Waals surface area contributed by atoms with Crippen molar-refractivity contribution in [3.05, 3.63) is 325 Å². The summed E-state index contributed by atoms with van der Waals surface area (Å²) in [5.74, 6) is -4.87. The van der Waals surface area contributed by atoms with Gasteiger partial charge in [-0.1, -0.05) is 280 Å². The summed E-state index contributed by atoms with van der Waals surface area (Å²) in [7, 11) is 0. The Kier molecular flexibility index (Phi) is 6.09. The maximum Gasteiger partial charge on any atom is 0.164 e. The molecule has 0 unspecified atom stereocenters. The first-order valence-corrected chi connectivity index (χ1v) is 30.2. The van der Waals surface area contributed by atoms with Crippen molar-refractivity contribution in [1.29, 1.82) is 0 Å². The summed E-state index contributed by atoms with van der Waals surface area (Å²) in [5.41, 5.74) is -12.2. The highest BCUT2D eigenvalue weighted by molar-refractivity contribution is 6.25. The van der Waals surface area contributed by atoms with Crippen LogP contribution in [0, 0.1) is 0 Å². The Morgan fingerprint density at radius 1 is 0.225 bits per heavy atom. The molecule has 5 aromatic heterocycles. The second-order valence-electron chi connectivity index (χ2n) is 22.8. The van der Waals surface area contributed by atoms with E-state index in [-0.39, 0.29) is 27.6 Å². The fraction of sp³-hybridized carbons (Fsp3) is 0.0323. The maximum atomic E-state index is 9.85. The topological polar surface area (TPSA) is 117 Å². The van der Waals surface area contributed by atoms with Crippen molar-refractivity contribution in [2.75, 3.05) is 0 Å². The fourth-order valence-electron chi connectivity index (χ4n) is 12.2. The Morgan fingerprint density at radius 2 is 0.608 bits per heavy atom. The maximum absolute atomic E-state index is 9.85. The molecule has 0 radical (unpaired) electrons. The molecule has 0 spiro atoms. The third-order valence-electron chi connectivity index (χ3n) is 16.7. The molecule has 9 heteroatoms. The van der Waals surface area contributed by atoms with Gasteiger partial charge in [0.15, 0.2) is 34.9 Å². The zero-order valence-electron chi connectivity index (χ0n) is 103. The van der Waals surface area contributed by atoms with E-state index in [1.54, 1.807) is 0 Å². The standard InChI is InChI=1S/C47H27N3O2.C46H31N3O/c1-2-13-29(14-3-1)45-48-46(50-47(49-45)37-20-11-22-39-42(37)36-18-8-9-21-38(36)51-39)35-26-25-33(31-16-6-7-17-32(31)35)34-19-10-23-40-44(34)43-30-15-5-4-12-28(30)24-27-41(43)52-40;1-46(2)37-17-9-8-15-35(37)36-25-23-32(27-38(36)46)45-48-43(30-12-4-3-5-13-30)47-44(49-45)31-21-19-29(20-22-31)34-16-10-18-39-41(34)42-33-14-7-6-11-28(33)24-26-40(42)50-39/h1-27H;3-27H,1-2H3/i1D,2D,3D,4D,5D,6D,7D,8D,9D,10D,11D,12D,13D,14D,15D,16D,17D,18D,19D,20D,21D,22D,23D,24D,25D,26D,27D;3D,4D,5D,6D,7D,8D,9D,10D,11D,12D,13D,14D,15D,16D,17D,18D,19D,20D,21D,22D,23D,24D,25D,26D,27D. The minimum absolute atomic E-state index is 0.0206. The molecule has 0 bridgehead atoms. The van der Waals surface area contributed by atoms with Crippen LogP contribution in [0.1, 0.15) is 96.3 Å². The summed E-state index contributed by atoms with van der Waals surface area (Å²) in [5, 5.41) is -5.90. The zero-order valence-corrected chi connectivity index (χ0v) is 51.4. The number of rotatable bonds is 8. The van der Waals surface area contributed by atoms with Gasteiger partial charge in [0.25, 0.3) is 0 Å². The molecule has 0 saturated heterocycles. The first kappa shape index (κ1) is 26.6. The number of aromatic nitrogens is 6. The Bertz CT molecular complexity index is 10000. The molecule has 21 rings (SSSR count). The minimum atomic E-state index is -1.46. The van der Waals surface area contributed by atoms with Crippen LogP contribution < -0.4 is 0 Å². The van der Waals surface area contributed by atoms with Gasteiger partial charge in [0.1, 0.15) is 33.5 Å². The van der Waals surface area contributed by atoms with Crippen molar-refractivity contribution in [1.82, 2.24) is 29.9 Å². The van der Waals surface area contributed by atoms with Crippen LogP contribution in [0.15, 0.2) is 327 Å². The molecule has 0 saturated carbocycles. The third kappa shape index (κ3) is 9.54. The van der Waals surface area contributed by atoms with Crippen molar-refractivity contribution in [2.45, 2.75) is 19.3 Å². The predicted octanol–water partition coefficient (Wildman–Crippen LogP) is 24.5. The molecule has 478 valence electrons. The minimum Gasteiger partial charge on any atom is -0.456 e. The number of furan rings is 3. The molecule has 9 nitrogen and oxygen atoms in total. The summed E-state index contributed by atoms with van der Waals surface area (Å²) >= 11 is 0. The second kappa shape index (κ2) is 23.3. The van der Waals surface area contributed by atoms with Crippen molar-refractivity contribution in [3.8, 4) is 102 Å². The lowest BCUT2D eigenvalue weighted by molar-refractivity contribution is 0.660. The van der Waals surface area contributed by atoms with E-state index in [2.05, 4.69) is 29.9 Å². The second-order valence-corrected chi connectivity index (χ2v) is 22.8. The number of hydrogen-bond acceptors (Lipinski definition) is 9. The van der Waals surface area contributed by atoms with Gasteiger partial charge in [0.05, 0.1) is 71.3 Å². The molecule has 102 heavy (non-hydrogen) atoms. The van der Waals surface area contributed by atoms with E-state index in [0.29, 0.717) is 0 Å². The van der Waals surface area contributed by atoms with Crippen LogP contribution >= 0.6 is 0 Å². The van der Waals surface area contributed by atoms with Gasteiger partial charge in [-0.3, -0.25) is 0 Å². The number of fused-ring (bicyclic) bond motifs is 17. The van der Waals surface area contributed by atoms with Crippen LogP contribution in [0.4, 0.5) is 0 Å². The van der Waals surface area contributed by atoms with E-state index in [9.17, 15) is 19.2 Å². The summed E-state index contributed by atoms with van der Waals surface area (Å²) in [6.45, 7) is 3.07. The normalized spacial score (nSPS) is 19.6. The molecule has 0 amide bonds. The van der Waals surface area contributed by atoms with Crippen LogP contribution in [-0.4, -0.2) is 29.9 Å². The van der Waals surface area contributed by atoms with E-state index in [0.717, 1.165) is 0 Å². The van der Waals surface area contributed by atoms with Crippen LogP contribution in [0.5, 0.6) is 0 Å². The molecule has 0 aliphatic heterocycles. The van der Waals surface area contributed by atoms with Crippen molar-refractivity contribution >= 4 is 98.1 Å². The van der Waals surface area contributed by atoms with E-state index in [1.165, 1.54) is 13.8 Å². The summed E-state index contributed by atoms with van der Waals surface area (Å²) in [4.78, 5) is 26.5. The molecule has 0 fully saturated rings. The van der Waals surface area contributed by atoms with Gasteiger partial charge in [0.2, 0.25) is 0 Å². The third-order valence-corrected chi connectivity index (χ3v) is 16.7. The average molecular weight is 1360 g/mol. The lowest BCUT2D eigenvalue weighted by atomic mass is 9.82. The molecule has 0 N–H and O–H groups in total. The molecule has 5 heterocycles. The monoisotopic (exact) mass is 1360 g/mol. The molecule has 20 aromatic rings. The summed E-state index contributed by atoms with van der Waals surface area (Å²) in [6.07, 6.45) is 0. The number of hydrogen-bond donors (Lipinski definition) is 0. The molecule has 1 aliphatic rings. The smallest absolute Gasteiger partial charge is 0.164 e. The molecular weight excluding hydrogens is 1250 g/mol. The Balaban J connectivity index is 0.000000185. The van der Waals surface area contributed by atoms with Crippen LogP contribution in [-0.2, 0) is 5.41 Å². The Morgan fingerprint density at radius 3 is 1.25 bits per heavy atom. The fourth-order valence-corrected chi connectivity index (χ4v) is 12.2. The van der Waals surface area contributed by atoms with Gasteiger partial charge in [-0.15, -0.1) is 0 Å². The van der Waals surface area contributed by atoms with Gasteiger partial charge < -0.3 is 13.3 Å². The van der Waals surface area contributed by atoms with E-state index < -0.39 is 503 Å².